The van der Waals surface area contributed by atoms with Crippen molar-refractivity contribution in [1.29, 1.82) is 0 Å². The van der Waals surface area contributed by atoms with E-state index >= 15 is 0 Å². The van der Waals surface area contributed by atoms with Gasteiger partial charge in [-0.05, 0) is 11.6 Å². The van der Waals surface area contributed by atoms with Gasteiger partial charge in [0.15, 0.2) is 0 Å². The molecule has 0 radical (unpaired) electrons. The van der Waals surface area contributed by atoms with E-state index in [-0.39, 0.29) is 24.4 Å². The molecule has 0 unspecified atom stereocenters. The van der Waals surface area contributed by atoms with Gasteiger partial charge in [-0.25, -0.2) is 4.39 Å². The molecule has 0 fully saturated rings. The lowest BCUT2D eigenvalue weighted by Crippen LogP contribution is -2.33. The molecule has 0 aliphatic carbocycles. The number of hydrogen-bond acceptors (Lipinski definition) is 3. The van der Waals surface area contributed by atoms with Gasteiger partial charge in [0.2, 0.25) is 0 Å². The molecule has 6 heteroatoms. The number of nitrogens with two attached hydrogens (primary N) is 1. The standard InChI is InChI=1S/C7H9BFNO2.ClH/c9-7-2-1-5(4-10)3-6(7)8(11)12;/h1-3,11-12H,4,10H2;1H. The molecule has 0 aliphatic heterocycles. The zero-order chi connectivity index (χ0) is 9.14. The van der Waals surface area contributed by atoms with Crippen molar-refractivity contribution in [1.82, 2.24) is 0 Å². The molecule has 0 heterocycles. The second-order valence-corrected chi connectivity index (χ2v) is 2.43. The van der Waals surface area contributed by atoms with Gasteiger partial charge in [0.25, 0.3) is 0 Å². The quantitative estimate of drug-likeness (QED) is 0.564. The van der Waals surface area contributed by atoms with E-state index in [1.807, 2.05) is 0 Å². The molecule has 3 nitrogen and oxygen atoms in total. The second kappa shape index (κ2) is 5.19. The predicted octanol–water partition coefficient (Wildman–Crippen LogP) is -0.614. The maximum atomic E-state index is 12.8. The number of rotatable bonds is 2. The Kier molecular flexibility index (Phi) is 4.94. The van der Waals surface area contributed by atoms with Gasteiger partial charge in [-0.2, -0.15) is 0 Å². The van der Waals surface area contributed by atoms with E-state index in [2.05, 4.69) is 0 Å². The summed E-state index contributed by atoms with van der Waals surface area (Å²) in [5.74, 6) is -0.637. The zero-order valence-corrected chi connectivity index (χ0v) is 7.59. The Morgan fingerprint density at radius 1 is 1.38 bits per heavy atom. The molecule has 0 spiro atoms. The van der Waals surface area contributed by atoms with Crippen LogP contribution in [0.1, 0.15) is 5.56 Å². The van der Waals surface area contributed by atoms with Gasteiger partial charge in [0, 0.05) is 12.0 Å². The molecule has 1 aromatic rings. The summed E-state index contributed by atoms with van der Waals surface area (Å²) >= 11 is 0. The summed E-state index contributed by atoms with van der Waals surface area (Å²) in [6.07, 6.45) is 0. The SMILES string of the molecule is Cl.NCc1ccc(F)c(B(O)O)c1. The monoisotopic (exact) mass is 205 g/mol. The van der Waals surface area contributed by atoms with Crippen LogP contribution in [0.3, 0.4) is 0 Å². The lowest BCUT2D eigenvalue weighted by molar-refractivity contribution is 0.423. The average Bonchev–Trinajstić information content (AvgIpc) is 2.05. The van der Waals surface area contributed by atoms with Crippen LogP contribution in [0.4, 0.5) is 4.39 Å². The molecule has 0 amide bonds. The third-order valence-electron chi connectivity index (χ3n) is 1.57. The van der Waals surface area contributed by atoms with Crippen LogP contribution in [0.15, 0.2) is 18.2 Å². The summed E-state index contributed by atoms with van der Waals surface area (Å²) in [4.78, 5) is 0. The first-order chi connectivity index (χ1) is 5.65. The minimum absolute atomic E-state index is 0. The first-order valence-electron chi connectivity index (χ1n) is 3.49. The van der Waals surface area contributed by atoms with Crippen molar-refractivity contribution in [3.63, 3.8) is 0 Å². The van der Waals surface area contributed by atoms with Crippen molar-refractivity contribution in [2.45, 2.75) is 6.54 Å². The van der Waals surface area contributed by atoms with Crippen LogP contribution < -0.4 is 11.2 Å². The summed E-state index contributed by atoms with van der Waals surface area (Å²) in [5.41, 5.74) is 5.81. The van der Waals surface area contributed by atoms with E-state index in [1.54, 1.807) is 0 Å². The fourth-order valence-electron chi connectivity index (χ4n) is 0.918. The number of halogens is 2. The molecule has 0 saturated heterocycles. The molecule has 1 aromatic carbocycles. The minimum Gasteiger partial charge on any atom is -0.423 e. The predicted molar refractivity (Wildman–Crippen MR) is 51.4 cm³/mol. The average molecular weight is 205 g/mol. The van der Waals surface area contributed by atoms with Gasteiger partial charge in [-0.15, -0.1) is 12.4 Å². The maximum Gasteiger partial charge on any atom is 0.491 e. The molecule has 0 bridgehead atoms. The van der Waals surface area contributed by atoms with E-state index < -0.39 is 12.9 Å². The molecule has 0 saturated carbocycles. The summed E-state index contributed by atoms with van der Waals surface area (Å²) < 4.78 is 12.8. The van der Waals surface area contributed by atoms with Crippen molar-refractivity contribution in [2.24, 2.45) is 5.73 Å². The van der Waals surface area contributed by atoms with Crippen molar-refractivity contribution in [3.05, 3.63) is 29.6 Å². The van der Waals surface area contributed by atoms with Gasteiger partial charge < -0.3 is 15.8 Å². The molecular formula is C7H10BClFNO2. The Bertz CT molecular complexity index is 285. The highest BCUT2D eigenvalue weighted by Crippen LogP contribution is 1.99. The highest BCUT2D eigenvalue weighted by atomic mass is 35.5. The topological polar surface area (TPSA) is 66.5 Å². The van der Waals surface area contributed by atoms with Crippen molar-refractivity contribution >= 4 is 25.0 Å². The minimum atomic E-state index is -1.78. The van der Waals surface area contributed by atoms with E-state index in [0.717, 1.165) is 6.07 Å². The number of hydrogen-bond donors (Lipinski definition) is 3. The van der Waals surface area contributed by atoms with Crippen LogP contribution in [-0.2, 0) is 6.54 Å². The van der Waals surface area contributed by atoms with Crippen LogP contribution in [-0.4, -0.2) is 17.2 Å². The molecule has 0 aliphatic rings. The Hall–Kier alpha value is -0.615. The summed E-state index contributed by atoms with van der Waals surface area (Å²) in [6, 6.07) is 4.00. The van der Waals surface area contributed by atoms with Crippen LogP contribution >= 0.6 is 12.4 Å². The second-order valence-electron chi connectivity index (χ2n) is 2.43. The van der Waals surface area contributed by atoms with Crippen molar-refractivity contribution in [3.8, 4) is 0 Å². The summed E-state index contributed by atoms with van der Waals surface area (Å²) in [6.45, 7) is 0.250. The smallest absolute Gasteiger partial charge is 0.423 e. The summed E-state index contributed by atoms with van der Waals surface area (Å²) in [5, 5.41) is 17.4. The first-order valence-corrected chi connectivity index (χ1v) is 3.49. The maximum absolute atomic E-state index is 12.8. The number of benzene rings is 1. The van der Waals surface area contributed by atoms with E-state index in [0.29, 0.717) is 5.56 Å². The Morgan fingerprint density at radius 2 is 2.00 bits per heavy atom. The molecule has 0 aromatic heterocycles. The molecular weight excluding hydrogens is 195 g/mol. The fraction of sp³-hybridized carbons (Fsp3) is 0.143. The molecule has 0 atom stereocenters. The molecule has 4 N–H and O–H groups in total. The van der Waals surface area contributed by atoms with Crippen molar-refractivity contribution in [2.75, 3.05) is 0 Å². The lowest BCUT2D eigenvalue weighted by Gasteiger charge is -2.03. The molecule has 1 rings (SSSR count). The van der Waals surface area contributed by atoms with Crippen LogP contribution in [0, 0.1) is 5.82 Å². The third kappa shape index (κ3) is 2.97. The fourth-order valence-corrected chi connectivity index (χ4v) is 0.918. The van der Waals surface area contributed by atoms with Gasteiger partial charge in [-0.3, -0.25) is 0 Å². The van der Waals surface area contributed by atoms with Crippen LogP contribution in [0.5, 0.6) is 0 Å². The van der Waals surface area contributed by atoms with Crippen LogP contribution in [0.25, 0.3) is 0 Å². The van der Waals surface area contributed by atoms with E-state index in [1.165, 1.54) is 12.1 Å². The first kappa shape index (κ1) is 12.4. The lowest BCUT2D eigenvalue weighted by atomic mass is 9.79. The summed E-state index contributed by atoms with van der Waals surface area (Å²) in [7, 11) is -1.78. The highest BCUT2D eigenvalue weighted by molar-refractivity contribution is 6.58. The van der Waals surface area contributed by atoms with E-state index in [4.69, 9.17) is 15.8 Å². The van der Waals surface area contributed by atoms with Crippen LogP contribution in [0.2, 0.25) is 0 Å². The molecule has 72 valence electrons. The normalized spacial score (nSPS) is 9.23. The van der Waals surface area contributed by atoms with Gasteiger partial charge in [0.05, 0.1) is 0 Å². The largest absolute Gasteiger partial charge is 0.491 e. The third-order valence-corrected chi connectivity index (χ3v) is 1.57. The Labute approximate surface area is 81.9 Å². The van der Waals surface area contributed by atoms with E-state index in [9.17, 15) is 4.39 Å². The van der Waals surface area contributed by atoms with Gasteiger partial charge in [-0.1, -0.05) is 12.1 Å². The molecule has 13 heavy (non-hydrogen) atoms. The highest BCUT2D eigenvalue weighted by Gasteiger charge is 2.16. The zero-order valence-electron chi connectivity index (χ0n) is 6.77. The van der Waals surface area contributed by atoms with Gasteiger partial charge >= 0.3 is 7.12 Å². The Balaban J connectivity index is 0.00000144. The van der Waals surface area contributed by atoms with Gasteiger partial charge in [0.1, 0.15) is 5.82 Å². The van der Waals surface area contributed by atoms with Crippen molar-refractivity contribution < 1.29 is 14.4 Å². The Morgan fingerprint density at radius 3 is 2.46 bits per heavy atom.